The van der Waals surface area contributed by atoms with Gasteiger partial charge in [0.1, 0.15) is 31.0 Å². The van der Waals surface area contributed by atoms with Crippen LogP contribution in [0, 0.1) is 18.8 Å². The number of carbonyl (C=O) groups is 6. The van der Waals surface area contributed by atoms with Crippen LogP contribution in [-0.2, 0) is 67.2 Å². The number of anilines is 1. The number of terminal acetylenes is 1. The lowest BCUT2D eigenvalue weighted by Gasteiger charge is -2.29. The number of aliphatic hydroxyl groups is 1. The van der Waals surface area contributed by atoms with E-state index in [1.54, 1.807) is 70.5 Å². The van der Waals surface area contributed by atoms with Crippen LogP contribution in [-0.4, -0.2) is 119 Å². The molecule has 60 heavy (non-hydrogen) atoms. The van der Waals surface area contributed by atoms with Gasteiger partial charge in [-0.15, -0.1) is 12.8 Å². The van der Waals surface area contributed by atoms with Crippen LogP contribution in [0.5, 0.6) is 5.75 Å². The van der Waals surface area contributed by atoms with Gasteiger partial charge in [-0.25, -0.2) is 0 Å². The highest BCUT2D eigenvalue weighted by Gasteiger charge is 2.38. The van der Waals surface area contributed by atoms with Crippen LogP contribution in [0.2, 0.25) is 0 Å². The fourth-order valence-corrected chi connectivity index (χ4v) is 5.08. The first-order chi connectivity index (χ1) is 29.0. The van der Waals surface area contributed by atoms with Gasteiger partial charge in [-0.05, 0) is 53.3 Å². The summed E-state index contributed by atoms with van der Waals surface area (Å²) < 4.78 is 25.3. The Morgan fingerprint density at radius 1 is 0.833 bits per heavy atom. The molecule has 0 saturated heterocycles. The molecule has 1 unspecified atom stereocenters. The fraction of sp³-hybridized carbons (Fsp3) is 0.500. The molecule has 4 N–H and O–H groups in total. The number of nitrogens with zero attached hydrogens (tertiary/aromatic N) is 1. The first-order valence-electron chi connectivity index (χ1n) is 19.8. The van der Waals surface area contributed by atoms with Crippen molar-refractivity contribution in [2.24, 2.45) is 5.92 Å². The van der Waals surface area contributed by atoms with Crippen LogP contribution in [0.3, 0.4) is 0 Å². The van der Waals surface area contributed by atoms with Crippen molar-refractivity contribution in [1.29, 1.82) is 0 Å². The first-order valence-corrected chi connectivity index (χ1v) is 19.8. The lowest BCUT2D eigenvalue weighted by atomic mass is 10.00. The number of aryl methyl sites for hydroxylation is 1. The standard InChI is InChI=1S/C35H44N4O10.C3H8O2.2C2H6.C2H2/c1-5-25-19-27(9-8-26(25)21-48-22-40)37-30(41)20-36-35(45)33(23(2)3)38-34(44)29(39-31(42)12-13-32(39)43)18-24-6-10-28(11-7-24)49-17-16-47-15-14-46-4;1-5-3-2-4;3*1-2/h6-13,19,22-23,29,33H,5,14-18,20-21H2,1-4H3,(H,36,45)(H,37,41)(H,38,44);4H,2-3H2,1H3;2*1-2H3;1-2H/t29-,33?;;;;/m0..../s1. The van der Waals surface area contributed by atoms with Crippen molar-refractivity contribution >= 4 is 41.7 Å². The van der Waals surface area contributed by atoms with E-state index in [-0.39, 0.29) is 26.2 Å². The molecule has 0 saturated carbocycles. The summed E-state index contributed by atoms with van der Waals surface area (Å²) in [6, 6.07) is 9.71. The van der Waals surface area contributed by atoms with E-state index in [0.717, 1.165) is 28.2 Å². The minimum atomic E-state index is -1.25. The van der Waals surface area contributed by atoms with E-state index in [0.29, 0.717) is 62.9 Å². The van der Waals surface area contributed by atoms with E-state index in [2.05, 4.69) is 33.5 Å². The summed E-state index contributed by atoms with van der Waals surface area (Å²) in [4.78, 5) is 76.2. The quantitative estimate of drug-likeness (QED) is 0.0548. The Hall–Kier alpha value is -5.60. The van der Waals surface area contributed by atoms with E-state index < -0.39 is 47.5 Å². The number of imide groups is 1. The summed E-state index contributed by atoms with van der Waals surface area (Å²) in [5, 5.41) is 15.9. The molecule has 0 radical (unpaired) electrons. The first kappa shape index (κ1) is 56.5. The van der Waals surface area contributed by atoms with Crippen LogP contribution >= 0.6 is 0 Å². The van der Waals surface area contributed by atoms with Gasteiger partial charge < -0.3 is 44.7 Å². The number of aliphatic hydroxyl groups excluding tert-OH is 1. The maximum absolute atomic E-state index is 13.7. The Morgan fingerprint density at radius 3 is 1.95 bits per heavy atom. The van der Waals surface area contributed by atoms with Crippen molar-refractivity contribution < 1.29 is 57.6 Å². The summed E-state index contributed by atoms with van der Waals surface area (Å²) in [6.07, 6.45) is 10.8. The molecule has 0 aromatic heterocycles. The predicted molar refractivity (Wildman–Crippen MR) is 230 cm³/mol. The molecule has 16 nitrogen and oxygen atoms in total. The van der Waals surface area contributed by atoms with Gasteiger partial charge in [-0.1, -0.05) is 66.7 Å². The molecule has 334 valence electrons. The molecular weight excluding hydrogens is 777 g/mol. The largest absolute Gasteiger partial charge is 0.491 e. The molecule has 1 aliphatic heterocycles. The van der Waals surface area contributed by atoms with E-state index in [1.807, 2.05) is 34.6 Å². The Bertz CT molecular complexity index is 1580. The molecule has 2 aromatic carbocycles. The SMILES string of the molecule is C#C.CC.CC.CCc1cc(NC(=O)CNC(=O)C(NC(=O)[C@H](Cc2ccc(OCCOCCOC)cc2)N2C(=O)C=CC2=O)C(C)C)ccc1COC=O.COCCO. The van der Waals surface area contributed by atoms with Crippen LogP contribution < -0.4 is 20.7 Å². The van der Waals surface area contributed by atoms with E-state index in [9.17, 15) is 28.8 Å². The smallest absolute Gasteiger partial charge is 0.293 e. The van der Waals surface area contributed by atoms with Gasteiger partial charge in [0.15, 0.2) is 0 Å². The van der Waals surface area contributed by atoms with Gasteiger partial charge in [0, 0.05) is 38.5 Å². The lowest BCUT2D eigenvalue weighted by molar-refractivity contribution is -0.146. The molecule has 0 spiro atoms. The van der Waals surface area contributed by atoms with Crippen LogP contribution in [0.25, 0.3) is 0 Å². The van der Waals surface area contributed by atoms with Crippen molar-refractivity contribution in [2.75, 3.05) is 65.7 Å². The highest BCUT2D eigenvalue weighted by molar-refractivity contribution is 6.15. The molecule has 1 aliphatic rings. The summed E-state index contributed by atoms with van der Waals surface area (Å²) in [5.41, 5.74) is 2.84. The van der Waals surface area contributed by atoms with Crippen molar-refractivity contribution in [3.05, 3.63) is 71.3 Å². The number of rotatable bonds is 23. The van der Waals surface area contributed by atoms with Crippen LogP contribution in [0.1, 0.15) is 65.2 Å². The minimum Gasteiger partial charge on any atom is -0.491 e. The maximum Gasteiger partial charge on any atom is 0.293 e. The fourth-order valence-electron chi connectivity index (χ4n) is 5.08. The zero-order valence-corrected chi connectivity index (χ0v) is 36.6. The highest BCUT2D eigenvalue weighted by atomic mass is 16.5. The average molecular weight is 843 g/mol. The topological polar surface area (TPSA) is 208 Å². The van der Waals surface area contributed by atoms with Crippen molar-refractivity contribution in [3.63, 3.8) is 0 Å². The maximum atomic E-state index is 13.7. The van der Waals surface area contributed by atoms with Gasteiger partial charge >= 0.3 is 0 Å². The van der Waals surface area contributed by atoms with Gasteiger partial charge in [0.05, 0.1) is 39.6 Å². The van der Waals surface area contributed by atoms with Crippen LogP contribution in [0.4, 0.5) is 5.69 Å². The molecule has 2 atom stereocenters. The second-order valence-electron chi connectivity index (χ2n) is 12.2. The number of hydrogen-bond acceptors (Lipinski definition) is 12. The normalized spacial score (nSPS) is 12.1. The lowest BCUT2D eigenvalue weighted by Crippen LogP contribution is -2.57. The van der Waals surface area contributed by atoms with Gasteiger partial charge in [0.2, 0.25) is 17.7 Å². The number of hydrogen-bond donors (Lipinski definition) is 4. The van der Waals surface area contributed by atoms with Gasteiger partial charge in [-0.2, -0.15) is 0 Å². The molecule has 2 aromatic rings. The second kappa shape index (κ2) is 35.4. The number of nitrogens with one attached hydrogen (secondary N) is 3. The van der Waals surface area contributed by atoms with Crippen molar-refractivity contribution in [1.82, 2.24) is 15.5 Å². The average Bonchev–Trinajstić information content (AvgIpc) is 3.60. The Kier molecular flexibility index (Phi) is 33.3. The summed E-state index contributed by atoms with van der Waals surface area (Å²) >= 11 is 0. The van der Waals surface area contributed by atoms with Gasteiger partial charge in [-0.3, -0.25) is 33.7 Å². The summed E-state index contributed by atoms with van der Waals surface area (Å²) in [6.45, 7) is 15.7. The number of benzene rings is 2. The van der Waals surface area contributed by atoms with Crippen LogP contribution in [0.15, 0.2) is 54.6 Å². The Balaban J connectivity index is 0. The summed E-state index contributed by atoms with van der Waals surface area (Å²) in [5.74, 6) is -2.93. The third-order valence-electron chi connectivity index (χ3n) is 7.88. The zero-order valence-electron chi connectivity index (χ0n) is 36.6. The molecule has 5 amide bonds. The number of ether oxygens (including phenoxy) is 5. The number of methoxy groups -OCH3 is 2. The second-order valence-corrected chi connectivity index (χ2v) is 12.2. The van der Waals surface area contributed by atoms with E-state index in [4.69, 9.17) is 24.1 Å². The molecule has 0 aliphatic carbocycles. The van der Waals surface area contributed by atoms with Crippen molar-refractivity contribution in [3.8, 4) is 18.6 Å². The third-order valence-corrected chi connectivity index (χ3v) is 7.88. The number of carbonyl (C=O) groups excluding carboxylic acids is 6. The highest BCUT2D eigenvalue weighted by Crippen LogP contribution is 2.20. The third kappa shape index (κ3) is 22.0. The Morgan fingerprint density at radius 2 is 1.43 bits per heavy atom. The number of amides is 5. The predicted octanol–water partition coefficient (Wildman–Crippen LogP) is 3.62. The molecular formula is C44H66N4O12. The summed E-state index contributed by atoms with van der Waals surface area (Å²) in [7, 11) is 3.14. The molecule has 0 fully saturated rings. The van der Waals surface area contributed by atoms with Crippen molar-refractivity contribution in [2.45, 2.75) is 80.0 Å². The van der Waals surface area contributed by atoms with Gasteiger partial charge in [0.25, 0.3) is 18.3 Å². The molecule has 0 bridgehead atoms. The van der Waals surface area contributed by atoms with E-state index >= 15 is 0 Å². The van der Waals surface area contributed by atoms with E-state index in [1.165, 1.54) is 0 Å². The monoisotopic (exact) mass is 842 g/mol. The molecule has 16 heteroatoms. The zero-order chi connectivity index (χ0) is 45.9. The Labute approximate surface area is 355 Å². The molecule has 1 heterocycles. The minimum absolute atomic E-state index is 0.0138. The molecule has 3 rings (SSSR count).